The molecule has 0 spiro atoms. The quantitative estimate of drug-likeness (QED) is 0.792. The Bertz CT molecular complexity index is 524. The van der Waals surface area contributed by atoms with Gasteiger partial charge in [0.25, 0.3) is 0 Å². The number of amides is 2. The first-order valence-corrected chi connectivity index (χ1v) is 9.74. The minimum atomic E-state index is -0.437. The number of nitrogens with two attached hydrogens (primary N) is 1. The van der Waals surface area contributed by atoms with Crippen LogP contribution in [-0.2, 0) is 16.1 Å². The lowest BCUT2D eigenvalue weighted by molar-refractivity contribution is -0.140. The van der Waals surface area contributed by atoms with Crippen LogP contribution in [0.1, 0.15) is 50.8 Å². The molecule has 0 aromatic carbocycles. The smallest absolute Gasteiger partial charge is 0.242 e. The maximum atomic E-state index is 12.6. The van der Waals surface area contributed by atoms with Crippen LogP contribution in [0, 0.1) is 5.92 Å². The van der Waals surface area contributed by atoms with E-state index >= 15 is 0 Å². The van der Waals surface area contributed by atoms with Crippen LogP contribution in [-0.4, -0.2) is 35.3 Å². The second-order valence-corrected chi connectivity index (χ2v) is 7.67. The van der Waals surface area contributed by atoms with Crippen molar-refractivity contribution in [2.75, 3.05) is 6.54 Å². The predicted octanol–water partition coefficient (Wildman–Crippen LogP) is 2.51. The number of nitrogens with one attached hydrogen (secondary N) is 1. The summed E-state index contributed by atoms with van der Waals surface area (Å²) in [6.07, 6.45) is 4.57. The topological polar surface area (TPSA) is 75.4 Å². The molecule has 5 nitrogen and oxygen atoms in total. The second-order valence-electron chi connectivity index (χ2n) is 6.64. The third-order valence-corrected chi connectivity index (χ3v) is 5.76. The maximum absolute atomic E-state index is 12.6. The van der Waals surface area contributed by atoms with Gasteiger partial charge >= 0.3 is 0 Å². The molecule has 1 heterocycles. The monoisotopic (exact) mass is 351 g/mol. The Morgan fingerprint density at radius 2 is 2.08 bits per heavy atom. The zero-order valence-electron chi connectivity index (χ0n) is 14.7. The van der Waals surface area contributed by atoms with Crippen molar-refractivity contribution < 1.29 is 9.59 Å². The minimum absolute atomic E-state index is 0.0803. The molecule has 0 saturated heterocycles. The van der Waals surface area contributed by atoms with Crippen LogP contribution in [0.25, 0.3) is 0 Å². The van der Waals surface area contributed by atoms with Gasteiger partial charge in [0.1, 0.15) is 6.04 Å². The number of likely N-dealkylation sites (N-methyl/N-ethyl adjacent to an activating group) is 1. The number of hydrogen-bond acceptors (Lipinski definition) is 4. The lowest BCUT2D eigenvalue weighted by Gasteiger charge is -2.31. The van der Waals surface area contributed by atoms with Crippen molar-refractivity contribution in [2.24, 2.45) is 11.7 Å². The van der Waals surface area contributed by atoms with E-state index in [0.717, 1.165) is 30.6 Å². The molecule has 1 fully saturated rings. The fourth-order valence-electron chi connectivity index (χ4n) is 3.30. The van der Waals surface area contributed by atoms with E-state index in [1.54, 1.807) is 16.2 Å². The molecule has 24 heavy (non-hydrogen) atoms. The van der Waals surface area contributed by atoms with Crippen molar-refractivity contribution in [3.05, 3.63) is 22.4 Å². The summed E-state index contributed by atoms with van der Waals surface area (Å²) in [7, 11) is 0. The van der Waals surface area contributed by atoms with Gasteiger partial charge in [-0.1, -0.05) is 6.07 Å². The molecule has 0 aliphatic heterocycles. The molecular formula is C18H29N3O2S. The molecule has 1 aromatic heterocycles. The predicted molar refractivity (Wildman–Crippen MR) is 97.6 cm³/mol. The Labute approximate surface area is 148 Å². The summed E-state index contributed by atoms with van der Waals surface area (Å²) in [6, 6.07) is 3.81. The number of nitrogens with zero attached hydrogens (tertiary/aromatic N) is 1. The lowest BCUT2D eigenvalue weighted by atomic mass is 9.84. The van der Waals surface area contributed by atoms with Crippen molar-refractivity contribution in [1.29, 1.82) is 0 Å². The van der Waals surface area contributed by atoms with E-state index in [9.17, 15) is 9.59 Å². The normalized spacial score (nSPS) is 22.0. The van der Waals surface area contributed by atoms with E-state index in [4.69, 9.17) is 5.73 Å². The van der Waals surface area contributed by atoms with Crippen molar-refractivity contribution >= 4 is 23.2 Å². The Kier molecular flexibility index (Phi) is 7.24. The summed E-state index contributed by atoms with van der Waals surface area (Å²) in [6.45, 7) is 4.81. The Morgan fingerprint density at radius 1 is 1.38 bits per heavy atom. The SMILES string of the molecule is CCN(C(=O)CC1CCC(N)CC1)[C@@H](C)C(=O)NCc1cccs1. The highest BCUT2D eigenvalue weighted by Gasteiger charge is 2.28. The van der Waals surface area contributed by atoms with Crippen LogP contribution in [0.15, 0.2) is 17.5 Å². The molecule has 1 atom stereocenters. The first kappa shape index (κ1) is 18.9. The van der Waals surface area contributed by atoms with Gasteiger partial charge in [0, 0.05) is 23.9 Å². The van der Waals surface area contributed by atoms with Gasteiger partial charge in [-0.15, -0.1) is 11.3 Å². The lowest BCUT2D eigenvalue weighted by Crippen LogP contribution is -2.48. The van der Waals surface area contributed by atoms with Crippen LogP contribution in [0.2, 0.25) is 0 Å². The number of rotatable bonds is 7. The fraction of sp³-hybridized carbons (Fsp3) is 0.667. The highest BCUT2D eigenvalue weighted by molar-refractivity contribution is 7.09. The molecule has 0 bridgehead atoms. The minimum Gasteiger partial charge on any atom is -0.349 e. The molecule has 6 heteroatoms. The molecule has 3 N–H and O–H groups in total. The van der Waals surface area contributed by atoms with Crippen molar-refractivity contribution in [3.63, 3.8) is 0 Å². The third kappa shape index (κ3) is 5.31. The van der Waals surface area contributed by atoms with Crippen LogP contribution in [0.5, 0.6) is 0 Å². The van der Waals surface area contributed by atoms with E-state index in [2.05, 4.69) is 5.32 Å². The number of thiophene rings is 1. The van der Waals surface area contributed by atoms with Gasteiger partial charge in [0.05, 0.1) is 6.54 Å². The van der Waals surface area contributed by atoms with Crippen LogP contribution in [0.4, 0.5) is 0 Å². The molecule has 0 radical (unpaired) electrons. The average molecular weight is 352 g/mol. The average Bonchev–Trinajstić information content (AvgIpc) is 3.08. The molecule has 2 rings (SSSR count). The Morgan fingerprint density at radius 3 is 2.67 bits per heavy atom. The van der Waals surface area contributed by atoms with Crippen molar-refractivity contribution in [3.8, 4) is 0 Å². The summed E-state index contributed by atoms with van der Waals surface area (Å²) >= 11 is 1.62. The molecule has 2 amide bonds. The van der Waals surface area contributed by atoms with Gasteiger partial charge < -0.3 is 16.0 Å². The first-order valence-electron chi connectivity index (χ1n) is 8.86. The summed E-state index contributed by atoms with van der Waals surface area (Å²) in [5.74, 6) is 0.397. The van der Waals surface area contributed by atoms with E-state index in [1.165, 1.54) is 0 Å². The second kappa shape index (κ2) is 9.18. The largest absolute Gasteiger partial charge is 0.349 e. The van der Waals surface area contributed by atoms with Gasteiger partial charge in [0.15, 0.2) is 0 Å². The summed E-state index contributed by atoms with van der Waals surface area (Å²) in [4.78, 5) is 27.8. The molecule has 1 aliphatic carbocycles. The molecular weight excluding hydrogens is 322 g/mol. The number of hydrogen-bond donors (Lipinski definition) is 2. The van der Waals surface area contributed by atoms with Crippen LogP contribution >= 0.6 is 11.3 Å². The zero-order valence-corrected chi connectivity index (χ0v) is 15.5. The molecule has 1 aliphatic rings. The van der Waals surface area contributed by atoms with Gasteiger partial charge in [-0.3, -0.25) is 9.59 Å². The van der Waals surface area contributed by atoms with E-state index in [-0.39, 0.29) is 11.8 Å². The highest BCUT2D eigenvalue weighted by atomic mass is 32.1. The third-order valence-electron chi connectivity index (χ3n) is 4.88. The zero-order chi connectivity index (χ0) is 17.5. The number of carbonyl (C=O) groups is 2. The van der Waals surface area contributed by atoms with Crippen LogP contribution < -0.4 is 11.1 Å². The van der Waals surface area contributed by atoms with Gasteiger partial charge in [-0.2, -0.15) is 0 Å². The summed E-state index contributed by atoms with van der Waals surface area (Å²) in [5, 5.41) is 4.91. The molecule has 1 saturated carbocycles. The molecule has 1 aromatic rings. The summed E-state index contributed by atoms with van der Waals surface area (Å²) < 4.78 is 0. The van der Waals surface area contributed by atoms with E-state index in [0.29, 0.717) is 31.5 Å². The van der Waals surface area contributed by atoms with Crippen molar-refractivity contribution in [1.82, 2.24) is 10.2 Å². The van der Waals surface area contributed by atoms with Gasteiger partial charge in [0.2, 0.25) is 11.8 Å². The van der Waals surface area contributed by atoms with Crippen LogP contribution in [0.3, 0.4) is 0 Å². The standard InChI is InChI=1S/C18H29N3O2S/c1-3-21(17(22)11-14-6-8-15(19)9-7-14)13(2)18(23)20-12-16-5-4-10-24-16/h4-5,10,13-15H,3,6-9,11-12,19H2,1-2H3,(H,20,23)/t13-,14?,15?/m0/s1. The maximum Gasteiger partial charge on any atom is 0.242 e. The molecule has 134 valence electrons. The number of carbonyl (C=O) groups excluding carboxylic acids is 2. The summed E-state index contributed by atoms with van der Waals surface area (Å²) in [5.41, 5.74) is 5.93. The Hall–Kier alpha value is -1.40. The Balaban J connectivity index is 1.83. The van der Waals surface area contributed by atoms with Gasteiger partial charge in [-0.05, 0) is 56.9 Å². The van der Waals surface area contributed by atoms with Gasteiger partial charge in [-0.25, -0.2) is 0 Å². The van der Waals surface area contributed by atoms with E-state index in [1.807, 2.05) is 31.4 Å². The van der Waals surface area contributed by atoms with Crippen molar-refractivity contribution in [2.45, 2.75) is 64.6 Å². The first-order chi connectivity index (χ1) is 11.5. The molecule has 0 unspecified atom stereocenters. The fourth-order valence-corrected chi connectivity index (χ4v) is 3.94. The highest BCUT2D eigenvalue weighted by Crippen LogP contribution is 2.26. The van der Waals surface area contributed by atoms with E-state index < -0.39 is 6.04 Å².